The number of nitrogens with one attached hydrogen (secondary N) is 1. The van der Waals surface area contributed by atoms with Crippen LogP contribution in [0.4, 0.5) is 18.9 Å². The van der Waals surface area contributed by atoms with Crippen molar-refractivity contribution < 1.29 is 22.7 Å². The number of fused-ring (bicyclic) bond motifs is 1. The first-order chi connectivity index (χ1) is 11.4. The number of ether oxygens (including phenoxy) is 1. The fraction of sp³-hybridized carbons (Fsp3) is 0.0556. The molecular weight excluding hydrogens is 319 g/mol. The van der Waals surface area contributed by atoms with E-state index in [1.807, 2.05) is 30.3 Å². The van der Waals surface area contributed by atoms with Crippen LogP contribution < -0.4 is 10.1 Å². The zero-order valence-corrected chi connectivity index (χ0v) is 12.3. The van der Waals surface area contributed by atoms with Gasteiger partial charge in [-0.2, -0.15) is 0 Å². The molecule has 0 aromatic heterocycles. The molecule has 0 aliphatic carbocycles. The molecule has 6 heteroatoms. The smallest absolute Gasteiger partial charge is 0.406 e. The highest BCUT2D eigenvalue weighted by molar-refractivity contribution is 6.06. The van der Waals surface area contributed by atoms with Crippen LogP contribution >= 0.6 is 0 Å². The number of carbonyl (C=O) groups is 1. The number of hydrogen-bond acceptors (Lipinski definition) is 2. The van der Waals surface area contributed by atoms with E-state index in [-0.39, 0.29) is 11.4 Å². The summed E-state index contributed by atoms with van der Waals surface area (Å²) in [5.74, 6) is -0.802. The molecule has 0 radical (unpaired) electrons. The van der Waals surface area contributed by atoms with E-state index in [9.17, 15) is 18.0 Å². The molecule has 1 N–H and O–H groups in total. The highest BCUT2D eigenvalue weighted by Crippen LogP contribution is 2.25. The molecule has 0 saturated carbocycles. The minimum atomic E-state index is -4.78. The van der Waals surface area contributed by atoms with E-state index in [0.717, 1.165) is 16.8 Å². The van der Waals surface area contributed by atoms with Gasteiger partial charge in [-0.05, 0) is 35.0 Å². The Hall–Kier alpha value is -3.02. The Labute approximate surface area is 135 Å². The van der Waals surface area contributed by atoms with E-state index in [1.54, 1.807) is 12.1 Å². The second kappa shape index (κ2) is 6.23. The van der Waals surface area contributed by atoms with Crippen molar-refractivity contribution in [3.63, 3.8) is 0 Å². The Morgan fingerprint density at radius 2 is 1.62 bits per heavy atom. The lowest BCUT2D eigenvalue weighted by atomic mass is 10.1. The fourth-order valence-corrected chi connectivity index (χ4v) is 2.30. The second-order valence-electron chi connectivity index (χ2n) is 5.09. The second-order valence-corrected chi connectivity index (χ2v) is 5.09. The highest BCUT2D eigenvalue weighted by atomic mass is 19.4. The molecule has 0 unspecified atom stereocenters. The molecule has 24 heavy (non-hydrogen) atoms. The van der Waals surface area contributed by atoms with Crippen LogP contribution in [-0.4, -0.2) is 12.3 Å². The van der Waals surface area contributed by atoms with Crippen molar-refractivity contribution in [2.45, 2.75) is 6.36 Å². The number of alkyl halides is 3. The summed E-state index contributed by atoms with van der Waals surface area (Å²) in [6.07, 6.45) is -4.78. The Morgan fingerprint density at radius 1 is 0.875 bits per heavy atom. The van der Waals surface area contributed by atoms with E-state index in [1.165, 1.54) is 18.2 Å². The largest absolute Gasteiger partial charge is 0.573 e. The van der Waals surface area contributed by atoms with Crippen LogP contribution in [0.15, 0.2) is 66.7 Å². The van der Waals surface area contributed by atoms with E-state index in [2.05, 4.69) is 10.1 Å². The molecule has 3 nitrogen and oxygen atoms in total. The zero-order valence-electron chi connectivity index (χ0n) is 12.3. The van der Waals surface area contributed by atoms with Crippen LogP contribution in [0.5, 0.6) is 5.75 Å². The van der Waals surface area contributed by atoms with Gasteiger partial charge in [-0.1, -0.05) is 36.4 Å². The summed E-state index contributed by atoms with van der Waals surface area (Å²) in [4.78, 5) is 12.3. The third kappa shape index (κ3) is 3.84. The molecule has 0 spiro atoms. The summed E-state index contributed by atoms with van der Waals surface area (Å²) in [6.45, 7) is 0. The minimum Gasteiger partial charge on any atom is -0.406 e. The highest BCUT2D eigenvalue weighted by Gasteiger charge is 2.31. The molecule has 0 fully saturated rings. The van der Waals surface area contributed by atoms with Crippen LogP contribution in [0.25, 0.3) is 10.8 Å². The third-order valence-corrected chi connectivity index (χ3v) is 3.34. The summed E-state index contributed by atoms with van der Waals surface area (Å²) in [6, 6.07) is 17.9. The van der Waals surface area contributed by atoms with Gasteiger partial charge in [-0.3, -0.25) is 4.79 Å². The van der Waals surface area contributed by atoms with Crippen molar-refractivity contribution >= 4 is 22.4 Å². The van der Waals surface area contributed by atoms with E-state index >= 15 is 0 Å². The Balaban J connectivity index is 1.79. The minimum absolute atomic E-state index is 0.218. The maximum absolute atomic E-state index is 12.3. The number of benzene rings is 3. The van der Waals surface area contributed by atoms with Gasteiger partial charge in [0.05, 0.1) is 0 Å². The van der Waals surface area contributed by atoms with Crippen molar-refractivity contribution in [3.05, 3.63) is 72.3 Å². The predicted molar refractivity (Wildman–Crippen MR) is 85.0 cm³/mol. The first kappa shape index (κ1) is 15.9. The summed E-state index contributed by atoms with van der Waals surface area (Å²) in [7, 11) is 0. The van der Waals surface area contributed by atoms with Crippen molar-refractivity contribution in [1.29, 1.82) is 0 Å². The zero-order chi connectivity index (χ0) is 17.2. The van der Waals surface area contributed by atoms with Gasteiger partial charge < -0.3 is 10.1 Å². The number of rotatable bonds is 3. The van der Waals surface area contributed by atoms with Crippen molar-refractivity contribution in [2.75, 3.05) is 5.32 Å². The standard InChI is InChI=1S/C18H12F3NO2/c19-18(20,21)24-16-7-3-6-15(11-16)22-17(23)14-9-8-12-4-1-2-5-13(12)10-14/h1-11H,(H,22,23). The number of halogens is 3. The van der Waals surface area contributed by atoms with Crippen LogP contribution in [0, 0.1) is 0 Å². The molecule has 0 saturated heterocycles. The van der Waals surface area contributed by atoms with E-state index in [0.29, 0.717) is 5.56 Å². The molecule has 1 amide bonds. The summed E-state index contributed by atoms with van der Waals surface area (Å²) >= 11 is 0. The Bertz CT molecular complexity index is 891. The maximum atomic E-state index is 12.3. The predicted octanol–water partition coefficient (Wildman–Crippen LogP) is 4.99. The Kier molecular flexibility index (Phi) is 4.12. The van der Waals surface area contributed by atoms with Crippen molar-refractivity contribution in [2.24, 2.45) is 0 Å². The fourth-order valence-electron chi connectivity index (χ4n) is 2.30. The van der Waals surface area contributed by atoms with Gasteiger partial charge in [0.15, 0.2) is 0 Å². The number of carbonyl (C=O) groups excluding carboxylic acids is 1. The lowest BCUT2D eigenvalue weighted by Crippen LogP contribution is -2.17. The first-order valence-corrected chi connectivity index (χ1v) is 7.07. The molecule has 0 aliphatic rings. The van der Waals surface area contributed by atoms with Crippen LogP contribution in [-0.2, 0) is 0 Å². The molecule has 3 aromatic rings. The summed E-state index contributed by atoms with van der Waals surface area (Å²) < 4.78 is 40.6. The van der Waals surface area contributed by atoms with Crippen LogP contribution in [0.3, 0.4) is 0 Å². The molecule has 0 aliphatic heterocycles. The van der Waals surface area contributed by atoms with Gasteiger partial charge in [0.1, 0.15) is 5.75 Å². The van der Waals surface area contributed by atoms with E-state index in [4.69, 9.17) is 0 Å². The SMILES string of the molecule is O=C(Nc1cccc(OC(F)(F)F)c1)c1ccc2ccccc2c1. The molecule has 3 aromatic carbocycles. The summed E-state index contributed by atoms with van der Waals surface area (Å²) in [5.41, 5.74) is 0.630. The Morgan fingerprint density at radius 3 is 2.38 bits per heavy atom. The van der Waals surface area contributed by atoms with E-state index < -0.39 is 12.3 Å². The lowest BCUT2D eigenvalue weighted by Gasteiger charge is -2.11. The average Bonchev–Trinajstić information content (AvgIpc) is 2.53. The topological polar surface area (TPSA) is 38.3 Å². The van der Waals surface area contributed by atoms with Gasteiger partial charge in [0.25, 0.3) is 5.91 Å². The molecule has 0 atom stereocenters. The first-order valence-electron chi connectivity index (χ1n) is 7.07. The normalized spacial score (nSPS) is 11.3. The summed E-state index contributed by atoms with van der Waals surface area (Å²) in [5, 5.41) is 4.46. The number of anilines is 1. The maximum Gasteiger partial charge on any atom is 0.573 e. The lowest BCUT2D eigenvalue weighted by molar-refractivity contribution is -0.274. The molecule has 122 valence electrons. The van der Waals surface area contributed by atoms with Gasteiger partial charge in [0, 0.05) is 17.3 Å². The van der Waals surface area contributed by atoms with Crippen molar-refractivity contribution in [1.82, 2.24) is 0 Å². The molecule has 0 heterocycles. The van der Waals surface area contributed by atoms with Crippen molar-refractivity contribution in [3.8, 4) is 5.75 Å². The van der Waals surface area contributed by atoms with Gasteiger partial charge >= 0.3 is 6.36 Å². The number of hydrogen-bond donors (Lipinski definition) is 1. The van der Waals surface area contributed by atoms with Gasteiger partial charge in [0.2, 0.25) is 0 Å². The monoisotopic (exact) mass is 331 g/mol. The average molecular weight is 331 g/mol. The molecular formula is C18H12F3NO2. The number of amides is 1. The molecule has 0 bridgehead atoms. The van der Waals surface area contributed by atoms with Gasteiger partial charge in [-0.25, -0.2) is 0 Å². The quantitative estimate of drug-likeness (QED) is 0.734. The van der Waals surface area contributed by atoms with Crippen LogP contribution in [0.2, 0.25) is 0 Å². The molecule has 3 rings (SSSR count). The van der Waals surface area contributed by atoms with Crippen LogP contribution in [0.1, 0.15) is 10.4 Å². The third-order valence-electron chi connectivity index (χ3n) is 3.34. The van der Waals surface area contributed by atoms with Gasteiger partial charge in [-0.15, -0.1) is 13.2 Å².